The van der Waals surface area contributed by atoms with Crippen LogP contribution in [0.1, 0.15) is 1.43 Å². The number of rotatable bonds is 0. The number of hydrogen-bond donors (Lipinski definition) is 2. The zero-order chi connectivity index (χ0) is 5.58. The van der Waals surface area contributed by atoms with Crippen molar-refractivity contribution in [2.24, 2.45) is 0 Å². The molecule has 0 amide bonds. The molecule has 0 unspecified atom stereocenters. The van der Waals surface area contributed by atoms with Crippen molar-refractivity contribution in [3.8, 4) is 0 Å². The van der Waals surface area contributed by atoms with E-state index in [9.17, 15) is 0 Å². The quantitative estimate of drug-likeness (QED) is 0.321. The predicted molar refractivity (Wildman–Crippen MR) is 19.6 cm³/mol. The third kappa shape index (κ3) is 2740. The van der Waals surface area contributed by atoms with Crippen LogP contribution in [-0.4, -0.2) is 32.6 Å². The summed E-state index contributed by atoms with van der Waals surface area (Å²) in [7, 11) is 0. The van der Waals surface area contributed by atoms with Crippen molar-refractivity contribution in [3.63, 3.8) is 0 Å². The Balaban J connectivity index is -0.0000000183. The summed E-state index contributed by atoms with van der Waals surface area (Å²) in [5, 5.41) is 13.9. The number of carboxylic acid groups (broad SMARTS) is 2. The minimum absolute atomic E-state index is 0. The van der Waals surface area contributed by atoms with Crippen LogP contribution in [0.2, 0.25) is 0 Å². The van der Waals surface area contributed by atoms with Gasteiger partial charge in [0.05, 0.1) is 0 Å². The Kier molecular flexibility index (Phi) is 36.7. The predicted octanol–water partition coefficient (Wildman–Crippen LogP) is -3.43. The average molecular weight is 114 g/mol. The van der Waals surface area contributed by atoms with Gasteiger partial charge in [0, 0.05) is 0 Å². The van der Waals surface area contributed by atoms with Crippen molar-refractivity contribution in [3.05, 3.63) is 0 Å². The van der Waals surface area contributed by atoms with Crippen LogP contribution in [0.25, 0.3) is 0 Å². The molecule has 4 nitrogen and oxygen atoms in total. The average Bonchev–Trinajstić information content (AvgIpc) is 1.41. The van der Waals surface area contributed by atoms with E-state index in [1.807, 2.05) is 0 Å². The standard InChI is InChI=1S/CH2O3.Al.Li.O.2H/c2-1(3)4;;;;;/h(H2,2,3,4);;;;;/q;;+1;;;-1. The molecule has 0 aliphatic heterocycles. The van der Waals surface area contributed by atoms with Crippen molar-refractivity contribution < 1.29 is 39.1 Å². The van der Waals surface area contributed by atoms with Gasteiger partial charge in [0.25, 0.3) is 0 Å². The molecule has 0 radical (unpaired) electrons. The van der Waals surface area contributed by atoms with Crippen molar-refractivity contribution in [2.75, 3.05) is 0 Å². The molecule has 0 spiro atoms. The molecule has 0 aliphatic rings. The first-order chi connectivity index (χ1) is 2.73. The summed E-state index contributed by atoms with van der Waals surface area (Å²) < 4.78 is 8.28. The summed E-state index contributed by atoms with van der Waals surface area (Å²) >= 11 is 0.611. The summed E-state index contributed by atoms with van der Waals surface area (Å²) in [5.74, 6) is 0. The first-order valence-electron chi connectivity index (χ1n) is 0.940. The first kappa shape index (κ1) is 15.7. The van der Waals surface area contributed by atoms with Gasteiger partial charge in [-0.2, -0.15) is 0 Å². The Bertz CT molecular complexity index is 47.3. The molecule has 0 aromatic heterocycles. The second-order valence-corrected chi connectivity index (χ2v) is 0.283. The van der Waals surface area contributed by atoms with Gasteiger partial charge in [-0.25, -0.2) is 4.79 Å². The molecule has 7 heavy (non-hydrogen) atoms. The molecule has 0 heterocycles. The van der Waals surface area contributed by atoms with E-state index >= 15 is 0 Å². The van der Waals surface area contributed by atoms with E-state index in [4.69, 9.17) is 18.8 Å². The van der Waals surface area contributed by atoms with Crippen molar-refractivity contribution in [2.45, 2.75) is 0 Å². The molecule has 6 heteroatoms. The summed E-state index contributed by atoms with van der Waals surface area (Å²) in [6.07, 6.45) is -1.83. The fraction of sp³-hybridized carbons (Fsp3) is 0. The molecule has 0 aliphatic carbocycles. The Hall–Kier alpha value is 0.200. The van der Waals surface area contributed by atoms with Gasteiger partial charge >= 0.3 is 45.0 Å². The maximum atomic E-state index is 8.56. The zero-order valence-corrected chi connectivity index (χ0v) is 5.33. The molecule has 0 aromatic carbocycles. The van der Waals surface area contributed by atoms with E-state index < -0.39 is 6.16 Å². The van der Waals surface area contributed by atoms with E-state index in [0.29, 0.717) is 16.2 Å². The van der Waals surface area contributed by atoms with Crippen molar-refractivity contribution >= 4 is 22.4 Å². The summed E-state index contributed by atoms with van der Waals surface area (Å²) in [6.45, 7) is 0. The zero-order valence-electron chi connectivity index (χ0n) is 4.92. The van der Waals surface area contributed by atoms with Gasteiger partial charge in [-0.05, 0) is 0 Å². The van der Waals surface area contributed by atoms with E-state index in [1.54, 1.807) is 0 Å². The summed E-state index contributed by atoms with van der Waals surface area (Å²) in [6, 6.07) is 0. The van der Waals surface area contributed by atoms with Crippen LogP contribution in [0.3, 0.4) is 0 Å². The number of carbonyl (C=O) groups is 1. The van der Waals surface area contributed by atoms with Crippen LogP contribution in [0.4, 0.5) is 4.79 Å². The van der Waals surface area contributed by atoms with Gasteiger partial charge in [0.15, 0.2) is 0 Å². The minimum atomic E-state index is -1.83. The van der Waals surface area contributed by atoms with E-state index in [1.165, 1.54) is 0 Å². The third-order valence-electron chi connectivity index (χ3n) is 0. The second kappa shape index (κ2) is 16.4. The van der Waals surface area contributed by atoms with Crippen LogP contribution in [0.15, 0.2) is 0 Å². The van der Waals surface area contributed by atoms with Gasteiger partial charge in [0.1, 0.15) is 0 Å². The Morgan fingerprint density at radius 1 is 1.43 bits per heavy atom. The number of hydrogen-bond acceptors (Lipinski definition) is 2. The molecule has 0 rings (SSSR count). The first-order valence-corrected chi connectivity index (χ1v) is 1.52. The van der Waals surface area contributed by atoms with Gasteiger partial charge < -0.3 is 11.6 Å². The molecule has 0 fully saturated rings. The van der Waals surface area contributed by atoms with Crippen LogP contribution in [0.5, 0.6) is 0 Å². The topological polar surface area (TPSA) is 74.6 Å². The van der Waals surface area contributed by atoms with Crippen molar-refractivity contribution in [1.82, 2.24) is 0 Å². The fourth-order valence-corrected chi connectivity index (χ4v) is 0. The van der Waals surface area contributed by atoms with E-state index in [-0.39, 0.29) is 20.3 Å². The van der Waals surface area contributed by atoms with Crippen LogP contribution < -0.4 is 18.9 Å². The normalized spacial score (nSPS) is 3.86. The Morgan fingerprint density at radius 3 is 1.43 bits per heavy atom. The molecule has 2 N–H and O–H groups in total. The molecular weight excluding hydrogens is 110 g/mol. The maximum absolute atomic E-state index is 8.56. The van der Waals surface area contributed by atoms with Crippen LogP contribution in [-0.2, 0) is 3.80 Å². The molecule has 0 saturated heterocycles. The van der Waals surface area contributed by atoms with Gasteiger partial charge in [-0.3, -0.25) is 0 Å². The molecule has 0 aromatic rings. The Labute approximate surface area is 61.8 Å². The van der Waals surface area contributed by atoms with Crippen LogP contribution in [0, 0.1) is 0 Å². The monoisotopic (exact) mass is 114 g/mol. The molecule has 0 saturated carbocycles. The van der Waals surface area contributed by atoms with E-state index in [0.717, 1.165) is 0 Å². The molecular formula is CH4AlLiO4. The third-order valence-corrected chi connectivity index (χ3v) is 0. The van der Waals surface area contributed by atoms with E-state index in [2.05, 4.69) is 0 Å². The Morgan fingerprint density at radius 2 is 1.43 bits per heavy atom. The van der Waals surface area contributed by atoms with Gasteiger partial charge in [-0.15, -0.1) is 0 Å². The SMILES string of the molecule is O=C(O)O.[H-].[Li+].[O]=[AlH]. The van der Waals surface area contributed by atoms with Crippen LogP contribution >= 0.6 is 0 Å². The fourth-order valence-electron chi connectivity index (χ4n) is 0. The molecule has 36 valence electrons. The van der Waals surface area contributed by atoms with Crippen molar-refractivity contribution in [1.29, 1.82) is 0 Å². The summed E-state index contributed by atoms with van der Waals surface area (Å²) in [4.78, 5) is 8.56. The van der Waals surface area contributed by atoms with Gasteiger partial charge in [0.2, 0.25) is 0 Å². The second-order valence-electron chi connectivity index (χ2n) is 0.283. The molecule has 0 bridgehead atoms. The summed E-state index contributed by atoms with van der Waals surface area (Å²) in [5.41, 5.74) is 0. The van der Waals surface area contributed by atoms with Gasteiger partial charge in [-0.1, -0.05) is 0 Å². The molecule has 0 atom stereocenters.